The van der Waals surface area contributed by atoms with E-state index in [0.717, 1.165) is 16.7 Å². The minimum atomic E-state index is -4.37. The third-order valence-electron chi connectivity index (χ3n) is 1.31. The van der Waals surface area contributed by atoms with Crippen molar-refractivity contribution in [3.8, 4) is 0 Å². The van der Waals surface area contributed by atoms with Crippen LogP contribution in [0.2, 0.25) is 0 Å². The summed E-state index contributed by atoms with van der Waals surface area (Å²) in [6.07, 6.45) is -4.37. The molecule has 0 spiro atoms. The summed E-state index contributed by atoms with van der Waals surface area (Å²) < 4.78 is 36.7. The predicted molar refractivity (Wildman–Crippen MR) is 42.9 cm³/mol. The lowest BCUT2D eigenvalue weighted by Gasteiger charge is -2.05. The van der Waals surface area contributed by atoms with Crippen molar-refractivity contribution in [2.45, 2.75) is 12.8 Å². The third-order valence-corrected chi connectivity index (χ3v) is 3.15. The van der Waals surface area contributed by atoms with E-state index in [1.165, 1.54) is 0 Å². The summed E-state index contributed by atoms with van der Waals surface area (Å²) in [5, 5.41) is 9.61. The Bertz CT molecular complexity index is 281. The van der Waals surface area contributed by atoms with Gasteiger partial charge >= 0.3 is 6.18 Å². The summed E-state index contributed by atoms with van der Waals surface area (Å²) in [6.45, 7) is -0.598. The molecule has 68 valence electrons. The molecule has 0 aromatic carbocycles. The molecular weight excluding hydrogens is 257 g/mol. The molecule has 0 saturated heterocycles. The molecule has 1 nitrogen and oxygen atoms in total. The molecule has 0 aliphatic carbocycles. The molecule has 0 bridgehead atoms. The quantitative estimate of drug-likeness (QED) is 0.823. The minimum absolute atomic E-state index is 0.0903. The second-order valence-corrected chi connectivity index (χ2v) is 4.26. The monoisotopic (exact) mass is 260 g/mol. The van der Waals surface area contributed by atoms with E-state index in [1.807, 2.05) is 0 Å². The van der Waals surface area contributed by atoms with Gasteiger partial charge in [0, 0.05) is 10.9 Å². The summed E-state index contributed by atoms with van der Waals surface area (Å²) in [5.74, 6) is 0. The average Bonchev–Trinajstić information content (AvgIpc) is 2.29. The molecule has 0 radical (unpaired) electrons. The van der Waals surface area contributed by atoms with Crippen LogP contribution in [0, 0.1) is 0 Å². The first kappa shape index (κ1) is 10.0. The largest absolute Gasteiger partial charge is 0.417 e. The highest BCUT2D eigenvalue weighted by Gasteiger charge is 2.34. The van der Waals surface area contributed by atoms with Crippen LogP contribution in [0.3, 0.4) is 0 Å². The fraction of sp³-hybridized carbons (Fsp3) is 0.333. The van der Waals surface area contributed by atoms with Crippen molar-refractivity contribution in [2.24, 2.45) is 0 Å². The van der Waals surface area contributed by atoms with E-state index in [4.69, 9.17) is 5.11 Å². The molecule has 12 heavy (non-hydrogen) atoms. The first-order valence-electron chi connectivity index (χ1n) is 2.90. The van der Waals surface area contributed by atoms with Gasteiger partial charge in [-0.05, 0) is 15.9 Å². The summed E-state index contributed by atoms with van der Waals surface area (Å²) in [6, 6.07) is 0. The number of thiophene rings is 1. The van der Waals surface area contributed by atoms with E-state index in [1.54, 1.807) is 0 Å². The average molecular weight is 261 g/mol. The van der Waals surface area contributed by atoms with Crippen LogP contribution in [0.5, 0.6) is 0 Å². The van der Waals surface area contributed by atoms with Gasteiger partial charge in [-0.15, -0.1) is 11.3 Å². The zero-order valence-corrected chi connectivity index (χ0v) is 8.05. The van der Waals surface area contributed by atoms with Gasteiger partial charge in [0.05, 0.1) is 16.0 Å². The highest BCUT2D eigenvalue weighted by Crippen LogP contribution is 2.38. The molecule has 1 heterocycles. The van der Waals surface area contributed by atoms with Crippen molar-refractivity contribution in [1.82, 2.24) is 0 Å². The van der Waals surface area contributed by atoms with Crippen molar-refractivity contribution < 1.29 is 18.3 Å². The number of hydrogen-bond donors (Lipinski definition) is 1. The maximum absolute atomic E-state index is 12.1. The van der Waals surface area contributed by atoms with Gasteiger partial charge in [-0.25, -0.2) is 0 Å². The van der Waals surface area contributed by atoms with Crippen molar-refractivity contribution in [3.63, 3.8) is 0 Å². The first-order valence-corrected chi connectivity index (χ1v) is 4.58. The first-order chi connectivity index (χ1) is 5.46. The molecule has 0 atom stereocenters. The topological polar surface area (TPSA) is 20.2 Å². The molecule has 1 aromatic heterocycles. The summed E-state index contributed by atoms with van der Waals surface area (Å²) >= 11 is 3.85. The molecule has 1 aromatic rings. The fourth-order valence-corrected chi connectivity index (χ4v) is 2.18. The normalized spacial score (nSPS) is 12.1. The molecule has 6 heteroatoms. The molecule has 1 N–H and O–H groups in total. The van der Waals surface area contributed by atoms with Crippen LogP contribution in [0.4, 0.5) is 13.2 Å². The standard InChI is InChI=1S/C6H4BrF3OS/c7-5-3(1-11)4(2-12-5)6(8,9)10/h2,11H,1H2. The minimum Gasteiger partial charge on any atom is -0.392 e. The van der Waals surface area contributed by atoms with Crippen LogP contribution in [-0.4, -0.2) is 5.11 Å². The van der Waals surface area contributed by atoms with Gasteiger partial charge in [-0.2, -0.15) is 13.2 Å². The summed E-state index contributed by atoms with van der Waals surface area (Å²) in [4.78, 5) is 0. The second kappa shape index (κ2) is 3.35. The molecule has 0 fully saturated rings. The highest BCUT2D eigenvalue weighted by molar-refractivity contribution is 9.11. The van der Waals surface area contributed by atoms with E-state index in [9.17, 15) is 13.2 Å². The van der Waals surface area contributed by atoms with Crippen LogP contribution < -0.4 is 0 Å². The van der Waals surface area contributed by atoms with Crippen molar-refractivity contribution in [2.75, 3.05) is 0 Å². The van der Waals surface area contributed by atoms with Crippen molar-refractivity contribution in [3.05, 3.63) is 20.3 Å². The van der Waals surface area contributed by atoms with Crippen LogP contribution in [-0.2, 0) is 12.8 Å². The van der Waals surface area contributed by atoms with Crippen LogP contribution in [0.25, 0.3) is 0 Å². The van der Waals surface area contributed by atoms with Crippen molar-refractivity contribution in [1.29, 1.82) is 0 Å². The van der Waals surface area contributed by atoms with Gasteiger partial charge in [0.1, 0.15) is 0 Å². The van der Waals surface area contributed by atoms with Gasteiger partial charge in [-0.1, -0.05) is 0 Å². The Balaban J connectivity index is 3.16. The lowest BCUT2D eigenvalue weighted by molar-refractivity contribution is -0.138. The molecule has 0 unspecified atom stereocenters. The number of aliphatic hydroxyl groups is 1. The molecule has 1 rings (SSSR count). The van der Waals surface area contributed by atoms with E-state index in [0.29, 0.717) is 3.79 Å². The van der Waals surface area contributed by atoms with Crippen molar-refractivity contribution >= 4 is 27.3 Å². The zero-order chi connectivity index (χ0) is 9.35. The number of halogens is 4. The lowest BCUT2D eigenvalue weighted by Crippen LogP contribution is -2.06. The SMILES string of the molecule is OCc1c(C(F)(F)F)csc1Br. The van der Waals surface area contributed by atoms with E-state index in [-0.39, 0.29) is 5.56 Å². The van der Waals surface area contributed by atoms with Gasteiger partial charge < -0.3 is 5.11 Å². The van der Waals surface area contributed by atoms with E-state index >= 15 is 0 Å². The highest BCUT2D eigenvalue weighted by atomic mass is 79.9. The Labute approximate surface area is 79.0 Å². The molecule has 0 aliphatic rings. The lowest BCUT2D eigenvalue weighted by atomic mass is 10.2. The number of hydrogen-bond acceptors (Lipinski definition) is 2. The fourth-order valence-electron chi connectivity index (χ4n) is 0.744. The number of aliphatic hydroxyl groups excluding tert-OH is 1. The smallest absolute Gasteiger partial charge is 0.392 e. The van der Waals surface area contributed by atoms with Gasteiger partial charge in [0.15, 0.2) is 0 Å². The number of alkyl halides is 3. The Morgan fingerprint density at radius 3 is 2.42 bits per heavy atom. The van der Waals surface area contributed by atoms with Crippen LogP contribution >= 0.6 is 27.3 Å². The molecular formula is C6H4BrF3OS. The van der Waals surface area contributed by atoms with E-state index < -0.39 is 18.3 Å². The van der Waals surface area contributed by atoms with Crippen LogP contribution in [0.1, 0.15) is 11.1 Å². The third kappa shape index (κ3) is 1.81. The molecule has 0 aliphatic heterocycles. The van der Waals surface area contributed by atoms with Gasteiger partial charge in [0.25, 0.3) is 0 Å². The van der Waals surface area contributed by atoms with Crippen LogP contribution in [0.15, 0.2) is 9.17 Å². The predicted octanol–water partition coefficient (Wildman–Crippen LogP) is 3.02. The molecule has 0 saturated carbocycles. The summed E-state index contributed by atoms with van der Waals surface area (Å²) in [5.41, 5.74) is -0.852. The van der Waals surface area contributed by atoms with Gasteiger partial charge in [-0.3, -0.25) is 0 Å². The molecule has 0 amide bonds. The Kier molecular flexibility index (Phi) is 2.80. The Hall–Kier alpha value is -0.0700. The zero-order valence-electron chi connectivity index (χ0n) is 5.65. The maximum Gasteiger partial charge on any atom is 0.417 e. The summed E-state index contributed by atoms with van der Waals surface area (Å²) in [7, 11) is 0. The Morgan fingerprint density at radius 1 is 1.50 bits per heavy atom. The maximum atomic E-state index is 12.1. The second-order valence-electron chi connectivity index (χ2n) is 2.06. The van der Waals surface area contributed by atoms with Gasteiger partial charge in [0.2, 0.25) is 0 Å². The number of rotatable bonds is 1. The van der Waals surface area contributed by atoms with E-state index in [2.05, 4.69) is 15.9 Å². The Morgan fingerprint density at radius 2 is 2.08 bits per heavy atom.